The van der Waals surface area contributed by atoms with Crippen molar-refractivity contribution in [1.82, 2.24) is 10.2 Å². The van der Waals surface area contributed by atoms with E-state index in [1.54, 1.807) is 24.0 Å². The summed E-state index contributed by atoms with van der Waals surface area (Å²) in [6.45, 7) is 2.95. The van der Waals surface area contributed by atoms with Gasteiger partial charge in [0, 0.05) is 24.7 Å². The van der Waals surface area contributed by atoms with Gasteiger partial charge in [0.05, 0.1) is 0 Å². The highest BCUT2D eigenvalue weighted by Crippen LogP contribution is 2.33. The average Bonchev–Trinajstić information content (AvgIpc) is 3.14. The molecule has 6 nitrogen and oxygen atoms in total. The fraction of sp³-hybridized carbons (Fsp3) is 0.636. The van der Waals surface area contributed by atoms with E-state index in [2.05, 4.69) is 5.32 Å². The second-order valence-electron chi connectivity index (χ2n) is 8.51. The number of nitrogens with one attached hydrogen (secondary N) is 1. The minimum absolute atomic E-state index is 0.00253. The Labute approximate surface area is 177 Å². The van der Waals surface area contributed by atoms with Gasteiger partial charge in [0.2, 0.25) is 5.91 Å². The van der Waals surface area contributed by atoms with Crippen LogP contribution < -0.4 is 11.1 Å². The molecule has 29 heavy (non-hydrogen) atoms. The first kappa shape index (κ1) is 22.1. The summed E-state index contributed by atoms with van der Waals surface area (Å²) in [5.74, 6) is -0.512. The number of amides is 2. The zero-order chi connectivity index (χ0) is 21.0. The predicted molar refractivity (Wildman–Crippen MR) is 113 cm³/mol. The van der Waals surface area contributed by atoms with Crippen LogP contribution in [0.25, 0.3) is 0 Å². The lowest BCUT2D eigenvalue weighted by Gasteiger charge is -2.37. The predicted octanol–water partition coefficient (Wildman–Crippen LogP) is 2.74. The van der Waals surface area contributed by atoms with E-state index in [9.17, 15) is 14.7 Å². The Kier molecular flexibility index (Phi) is 7.19. The van der Waals surface area contributed by atoms with Gasteiger partial charge in [-0.15, -0.1) is 0 Å². The first-order valence-corrected chi connectivity index (χ1v) is 11.0. The van der Waals surface area contributed by atoms with Crippen LogP contribution in [0.15, 0.2) is 18.2 Å². The lowest BCUT2D eigenvalue weighted by Crippen LogP contribution is -2.58. The Hall–Kier alpha value is -1.63. The van der Waals surface area contributed by atoms with Gasteiger partial charge in [-0.2, -0.15) is 0 Å². The Morgan fingerprint density at radius 1 is 1.28 bits per heavy atom. The molecule has 1 aliphatic heterocycles. The monoisotopic (exact) mass is 421 g/mol. The van der Waals surface area contributed by atoms with Crippen LogP contribution in [0, 0.1) is 5.92 Å². The number of hydrogen-bond acceptors (Lipinski definition) is 4. The minimum Gasteiger partial charge on any atom is -0.383 e. The standard InChI is InChI=1S/C22H32ClN3O3/c1-22(21(29)25-14-17-12-18(23)9-8-16(17)13-24)10-5-11-26(22)20(28)19(27)15-6-3-2-4-7-15/h8-9,12,15,19,27H,2-7,10-11,13-14,24H2,1H3,(H,25,29)/t19-,22+/m1/s1. The topological polar surface area (TPSA) is 95.7 Å². The van der Waals surface area contributed by atoms with Crippen molar-refractivity contribution in [2.24, 2.45) is 11.7 Å². The molecule has 1 saturated heterocycles. The van der Waals surface area contributed by atoms with Crippen LogP contribution in [-0.4, -0.2) is 40.0 Å². The molecular formula is C22H32ClN3O3. The van der Waals surface area contributed by atoms with E-state index >= 15 is 0 Å². The molecule has 2 atom stereocenters. The average molecular weight is 422 g/mol. The third-order valence-corrected chi connectivity index (χ3v) is 6.81. The van der Waals surface area contributed by atoms with Gasteiger partial charge >= 0.3 is 0 Å². The molecule has 2 amide bonds. The van der Waals surface area contributed by atoms with Gasteiger partial charge in [-0.3, -0.25) is 9.59 Å². The molecule has 1 heterocycles. The zero-order valence-corrected chi connectivity index (χ0v) is 17.9. The van der Waals surface area contributed by atoms with Gasteiger partial charge < -0.3 is 21.1 Å². The van der Waals surface area contributed by atoms with Crippen molar-refractivity contribution in [3.8, 4) is 0 Å². The summed E-state index contributed by atoms with van der Waals surface area (Å²) in [6.07, 6.45) is 5.33. The molecule has 4 N–H and O–H groups in total. The molecule has 0 spiro atoms. The highest BCUT2D eigenvalue weighted by molar-refractivity contribution is 6.30. The summed E-state index contributed by atoms with van der Waals surface area (Å²) in [4.78, 5) is 27.7. The summed E-state index contributed by atoms with van der Waals surface area (Å²) in [6, 6.07) is 5.44. The molecule has 1 aliphatic carbocycles. The van der Waals surface area contributed by atoms with Crippen LogP contribution >= 0.6 is 11.6 Å². The van der Waals surface area contributed by atoms with Gasteiger partial charge in [0.15, 0.2) is 0 Å². The molecule has 2 aliphatic rings. The number of carbonyl (C=O) groups is 2. The lowest BCUT2D eigenvalue weighted by atomic mass is 9.84. The van der Waals surface area contributed by atoms with E-state index in [0.717, 1.165) is 49.7 Å². The largest absolute Gasteiger partial charge is 0.383 e. The van der Waals surface area contributed by atoms with Crippen molar-refractivity contribution in [2.45, 2.75) is 76.6 Å². The molecule has 0 unspecified atom stereocenters. The van der Waals surface area contributed by atoms with Crippen molar-refractivity contribution in [3.63, 3.8) is 0 Å². The minimum atomic E-state index is -1.02. The molecule has 2 fully saturated rings. The number of hydrogen-bond donors (Lipinski definition) is 3. The highest BCUT2D eigenvalue weighted by atomic mass is 35.5. The van der Waals surface area contributed by atoms with Gasteiger partial charge in [0.25, 0.3) is 5.91 Å². The lowest BCUT2D eigenvalue weighted by molar-refractivity contribution is -0.153. The number of carbonyl (C=O) groups excluding carboxylic acids is 2. The number of nitrogens with two attached hydrogens (primary N) is 1. The number of aliphatic hydroxyl groups excluding tert-OH is 1. The maximum Gasteiger partial charge on any atom is 0.252 e. The molecule has 1 aromatic carbocycles. The van der Waals surface area contributed by atoms with E-state index in [-0.39, 0.29) is 17.7 Å². The molecule has 0 bridgehead atoms. The van der Waals surface area contributed by atoms with Crippen molar-refractivity contribution in [1.29, 1.82) is 0 Å². The fourth-order valence-corrected chi connectivity index (χ4v) is 4.88. The smallest absolute Gasteiger partial charge is 0.252 e. The van der Waals surface area contributed by atoms with Crippen molar-refractivity contribution < 1.29 is 14.7 Å². The number of aliphatic hydroxyl groups is 1. The third-order valence-electron chi connectivity index (χ3n) is 6.57. The summed E-state index contributed by atoms with van der Waals surface area (Å²) in [5, 5.41) is 14.2. The number of nitrogens with zero attached hydrogens (tertiary/aromatic N) is 1. The molecule has 1 saturated carbocycles. The summed E-state index contributed by atoms with van der Waals surface area (Å²) in [5.41, 5.74) is 6.63. The Morgan fingerprint density at radius 3 is 2.69 bits per heavy atom. The van der Waals surface area contributed by atoms with Crippen molar-refractivity contribution in [2.75, 3.05) is 6.54 Å². The van der Waals surface area contributed by atoms with E-state index < -0.39 is 11.6 Å². The SMILES string of the molecule is C[C@@]1(C(=O)NCc2cc(Cl)ccc2CN)CCCN1C(=O)[C@H](O)C1CCCCC1. The maximum atomic E-state index is 13.1. The summed E-state index contributed by atoms with van der Waals surface area (Å²) in [7, 11) is 0. The number of likely N-dealkylation sites (tertiary alicyclic amines) is 1. The fourth-order valence-electron chi connectivity index (χ4n) is 4.69. The highest BCUT2D eigenvalue weighted by Gasteiger charge is 2.47. The van der Waals surface area contributed by atoms with E-state index in [0.29, 0.717) is 31.1 Å². The first-order chi connectivity index (χ1) is 13.9. The summed E-state index contributed by atoms with van der Waals surface area (Å²) < 4.78 is 0. The van der Waals surface area contributed by atoms with Gasteiger partial charge in [-0.05, 0) is 61.8 Å². The number of halogens is 1. The molecule has 7 heteroatoms. The van der Waals surface area contributed by atoms with Crippen LogP contribution in [0.2, 0.25) is 5.02 Å². The molecular weight excluding hydrogens is 390 g/mol. The van der Waals surface area contributed by atoms with Gasteiger partial charge in [-0.1, -0.05) is 36.9 Å². The van der Waals surface area contributed by atoms with Gasteiger partial charge in [-0.25, -0.2) is 0 Å². The normalized spacial score (nSPS) is 23.8. The molecule has 1 aromatic rings. The van der Waals surface area contributed by atoms with Crippen molar-refractivity contribution >= 4 is 23.4 Å². The zero-order valence-electron chi connectivity index (χ0n) is 17.1. The Bertz CT molecular complexity index is 751. The second kappa shape index (κ2) is 9.45. The van der Waals surface area contributed by atoms with E-state index in [1.165, 1.54) is 0 Å². The summed E-state index contributed by atoms with van der Waals surface area (Å²) >= 11 is 6.08. The van der Waals surface area contributed by atoms with Crippen molar-refractivity contribution in [3.05, 3.63) is 34.3 Å². The van der Waals surface area contributed by atoms with E-state index in [1.807, 2.05) is 6.07 Å². The van der Waals surface area contributed by atoms with Crippen LogP contribution in [0.1, 0.15) is 63.0 Å². The van der Waals surface area contributed by atoms with E-state index in [4.69, 9.17) is 17.3 Å². The maximum absolute atomic E-state index is 13.1. The van der Waals surface area contributed by atoms with Crippen LogP contribution in [0.5, 0.6) is 0 Å². The number of rotatable bonds is 6. The number of benzene rings is 1. The second-order valence-corrected chi connectivity index (χ2v) is 8.95. The molecule has 0 radical (unpaired) electrons. The first-order valence-electron chi connectivity index (χ1n) is 10.6. The Balaban J connectivity index is 1.68. The van der Waals surface area contributed by atoms with Gasteiger partial charge in [0.1, 0.15) is 11.6 Å². The van der Waals surface area contributed by atoms with Crippen LogP contribution in [0.4, 0.5) is 0 Å². The quantitative estimate of drug-likeness (QED) is 0.658. The molecule has 3 rings (SSSR count). The molecule has 160 valence electrons. The van der Waals surface area contributed by atoms with Crippen LogP contribution in [-0.2, 0) is 22.7 Å². The molecule has 0 aromatic heterocycles. The third kappa shape index (κ3) is 4.76. The van der Waals surface area contributed by atoms with Crippen LogP contribution in [0.3, 0.4) is 0 Å². The Morgan fingerprint density at radius 2 is 2.00 bits per heavy atom.